The molecule has 8 heteroatoms. The molecule has 0 saturated carbocycles. The lowest BCUT2D eigenvalue weighted by atomic mass is 10.2. The largest absolute Gasteiger partial charge is 0.347 e. The Morgan fingerprint density at radius 2 is 1.57 bits per heavy atom. The van der Waals surface area contributed by atoms with Gasteiger partial charge in [-0.05, 0) is 36.6 Å². The van der Waals surface area contributed by atoms with Crippen LogP contribution in [0.1, 0.15) is 31.2 Å². The molecule has 1 saturated heterocycles. The van der Waals surface area contributed by atoms with Crippen LogP contribution < -0.4 is 0 Å². The maximum Gasteiger partial charge on any atom is 0.246 e. The van der Waals surface area contributed by atoms with Gasteiger partial charge in [-0.15, -0.1) is 0 Å². The molecule has 0 atom stereocenters. The second-order valence-electron chi connectivity index (χ2n) is 7.20. The summed E-state index contributed by atoms with van der Waals surface area (Å²) >= 11 is 0. The highest BCUT2D eigenvalue weighted by atomic mass is 32.2. The van der Waals surface area contributed by atoms with E-state index in [4.69, 9.17) is 0 Å². The molecule has 1 aromatic carbocycles. The molecule has 1 aromatic rings. The van der Waals surface area contributed by atoms with Crippen LogP contribution in [0.3, 0.4) is 0 Å². The second-order valence-corrected chi connectivity index (χ2v) is 9.14. The van der Waals surface area contributed by atoms with E-state index in [0.717, 1.165) is 31.2 Å². The molecule has 2 amide bonds. The van der Waals surface area contributed by atoms with Gasteiger partial charge in [0.15, 0.2) is 0 Å². The molecule has 0 bridgehead atoms. The number of likely N-dealkylation sites (N-methyl/N-ethyl adjacent to an activating group) is 2. The Kier molecular flexibility index (Phi) is 7.77. The van der Waals surface area contributed by atoms with Crippen LogP contribution in [0.25, 0.3) is 6.08 Å². The van der Waals surface area contributed by atoms with Gasteiger partial charge in [0.05, 0.1) is 11.4 Å². The van der Waals surface area contributed by atoms with Crippen LogP contribution in [0.2, 0.25) is 0 Å². The summed E-state index contributed by atoms with van der Waals surface area (Å²) in [5.74, 6) is -0.455. The molecular weight excluding hydrogens is 378 g/mol. The molecule has 0 radical (unpaired) electrons. The van der Waals surface area contributed by atoms with Crippen molar-refractivity contribution >= 4 is 27.9 Å². The van der Waals surface area contributed by atoms with Gasteiger partial charge in [0.1, 0.15) is 0 Å². The van der Waals surface area contributed by atoms with Gasteiger partial charge >= 0.3 is 0 Å². The number of nitrogens with zero attached hydrogens (tertiary/aromatic N) is 3. The molecule has 7 nitrogen and oxygen atoms in total. The second kappa shape index (κ2) is 9.84. The fourth-order valence-corrected chi connectivity index (χ4v) is 4.42. The zero-order chi connectivity index (χ0) is 20.7. The molecule has 0 aliphatic carbocycles. The Bertz CT molecular complexity index is 808. The van der Waals surface area contributed by atoms with Crippen molar-refractivity contribution in [1.29, 1.82) is 0 Å². The average molecular weight is 408 g/mol. The highest BCUT2D eigenvalue weighted by molar-refractivity contribution is 7.89. The summed E-state index contributed by atoms with van der Waals surface area (Å²) in [4.78, 5) is 26.8. The number of sulfonamides is 1. The van der Waals surface area contributed by atoms with Crippen LogP contribution in [0.5, 0.6) is 0 Å². The van der Waals surface area contributed by atoms with Gasteiger partial charge in [-0.3, -0.25) is 9.59 Å². The lowest BCUT2D eigenvalue weighted by Crippen LogP contribution is -2.36. The van der Waals surface area contributed by atoms with E-state index in [1.807, 2.05) is 0 Å². The third-order valence-electron chi connectivity index (χ3n) is 4.75. The summed E-state index contributed by atoms with van der Waals surface area (Å²) in [6.07, 6.45) is 6.91. The maximum absolute atomic E-state index is 12.8. The molecule has 1 heterocycles. The van der Waals surface area contributed by atoms with Crippen molar-refractivity contribution in [2.45, 2.75) is 30.6 Å². The predicted molar refractivity (Wildman–Crippen MR) is 109 cm³/mol. The lowest BCUT2D eigenvalue weighted by molar-refractivity contribution is -0.135. The summed E-state index contributed by atoms with van der Waals surface area (Å²) in [5.41, 5.74) is 0.718. The first-order valence-electron chi connectivity index (χ1n) is 9.45. The van der Waals surface area contributed by atoms with Gasteiger partial charge in [-0.25, -0.2) is 8.42 Å². The van der Waals surface area contributed by atoms with Crippen LogP contribution in [0.15, 0.2) is 35.2 Å². The molecule has 0 unspecified atom stereocenters. The van der Waals surface area contributed by atoms with E-state index >= 15 is 0 Å². The van der Waals surface area contributed by atoms with Gasteiger partial charge < -0.3 is 9.80 Å². The minimum Gasteiger partial charge on any atom is -0.347 e. The Labute approximate surface area is 167 Å². The fourth-order valence-electron chi connectivity index (χ4n) is 2.90. The quantitative estimate of drug-likeness (QED) is 0.674. The predicted octanol–water partition coefficient (Wildman–Crippen LogP) is 1.81. The van der Waals surface area contributed by atoms with Crippen LogP contribution in [0, 0.1) is 0 Å². The van der Waals surface area contributed by atoms with E-state index in [1.165, 1.54) is 15.9 Å². The zero-order valence-electron chi connectivity index (χ0n) is 16.8. The Morgan fingerprint density at radius 3 is 2.11 bits per heavy atom. The molecule has 28 heavy (non-hydrogen) atoms. The van der Waals surface area contributed by atoms with Crippen molar-refractivity contribution < 1.29 is 18.0 Å². The number of carbonyl (C=O) groups is 2. The first-order chi connectivity index (χ1) is 13.2. The first kappa shape index (κ1) is 22.1. The van der Waals surface area contributed by atoms with Crippen molar-refractivity contribution in [3.63, 3.8) is 0 Å². The third-order valence-corrected chi connectivity index (χ3v) is 6.66. The SMILES string of the molecule is CN(C)C(=O)CN(C)C(=O)/C=C/c1ccc(S(=O)(=O)N2CCCCCC2)cc1. The smallest absolute Gasteiger partial charge is 0.246 e. The minimum atomic E-state index is -3.48. The normalized spacial score (nSPS) is 16.0. The van der Waals surface area contributed by atoms with E-state index in [1.54, 1.807) is 55.8 Å². The Balaban J connectivity index is 2.02. The number of benzene rings is 1. The molecule has 1 fully saturated rings. The molecule has 0 spiro atoms. The number of amides is 2. The van der Waals surface area contributed by atoms with Gasteiger partial charge in [-0.1, -0.05) is 25.0 Å². The lowest BCUT2D eigenvalue weighted by Gasteiger charge is -2.20. The Morgan fingerprint density at radius 1 is 1.00 bits per heavy atom. The maximum atomic E-state index is 12.8. The third kappa shape index (κ3) is 5.90. The molecule has 2 rings (SSSR count). The van der Waals surface area contributed by atoms with Gasteiger partial charge in [0.25, 0.3) is 0 Å². The molecule has 154 valence electrons. The number of hydrogen-bond acceptors (Lipinski definition) is 4. The molecule has 0 N–H and O–H groups in total. The van der Waals surface area contributed by atoms with Crippen LogP contribution in [-0.4, -0.2) is 75.1 Å². The summed E-state index contributed by atoms with van der Waals surface area (Å²) in [6.45, 7) is 1.14. The number of hydrogen-bond donors (Lipinski definition) is 0. The summed E-state index contributed by atoms with van der Waals surface area (Å²) in [6, 6.07) is 6.51. The monoisotopic (exact) mass is 407 g/mol. The van der Waals surface area contributed by atoms with E-state index in [0.29, 0.717) is 13.1 Å². The van der Waals surface area contributed by atoms with Crippen molar-refractivity contribution in [3.05, 3.63) is 35.9 Å². The molecular formula is C20H29N3O4S. The molecule has 1 aliphatic rings. The van der Waals surface area contributed by atoms with E-state index < -0.39 is 10.0 Å². The van der Waals surface area contributed by atoms with Crippen molar-refractivity contribution in [2.75, 3.05) is 40.8 Å². The van der Waals surface area contributed by atoms with Gasteiger partial charge in [0, 0.05) is 40.3 Å². The van der Waals surface area contributed by atoms with Crippen LogP contribution in [-0.2, 0) is 19.6 Å². The zero-order valence-corrected chi connectivity index (χ0v) is 17.6. The topological polar surface area (TPSA) is 78.0 Å². The highest BCUT2D eigenvalue weighted by Crippen LogP contribution is 2.21. The molecule has 1 aliphatic heterocycles. The van der Waals surface area contributed by atoms with Gasteiger partial charge in [-0.2, -0.15) is 4.31 Å². The van der Waals surface area contributed by atoms with Gasteiger partial charge in [0.2, 0.25) is 21.8 Å². The minimum absolute atomic E-state index is 0.00316. The van der Waals surface area contributed by atoms with E-state index in [2.05, 4.69) is 0 Å². The highest BCUT2D eigenvalue weighted by Gasteiger charge is 2.24. The fraction of sp³-hybridized carbons (Fsp3) is 0.500. The summed E-state index contributed by atoms with van der Waals surface area (Å²) in [5, 5.41) is 0. The summed E-state index contributed by atoms with van der Waals surface area (Å²) in [7, 11) is 1.36. The van der Waals surface area contributed by atoms with Crippen molar-refractivity contribution in [2.24, 2.45) is 0 Å². The standard InChI is InChI=1S/C20H29N3O4S/c1-21(2)20(25)16-22(3)19(24)13-10-17-8-11-18(12-9-17)28(26,27)23-14-6-4-5-7-15-23/h8-13H,4-7,14-16H2,1-3H3/b13-10+. The number of carbonyl (C=O) groups excluding carboxylic acids is 2. The van der Waals surface area contributed by atoms with E-state index in [-0.39, 0.29) is 23.3 Å². The van der Waals surface area contributed by atoms with Crippen LogP contribution >= 0.6 is 0 Å². The number of rotatable bonds is 6. The summed E-state index contributed by atoms with van der Waals surface area (Å²) < 4.78 is 27.1. The molecule has 0 aromatic heterocycles. The first-order valence-corrected chi connectivity index (χ1v) is 10.9. The van der Waals surface area contributed by atoms with Crippen molar-refractivity contribution in [3.8, 4) is 0 Å². The Hall–Kier alpha value is -2.19. The average Bonchev–Trinajstić information content (AvgIpc) is 2.96. The van der Waals surface area contributed by atoms with Crippen LogP contribution in [0.4, 0.5) is 0 Å². The van der Waals surface area contributed by atoms with Crippen molar-refractivity contribution in [1.82, 2.24) is 14.1 Å². The van der Waals surface area contributed by atoms with E-state index in [9.17, 15) is 18.0 Å².